The van der Waals surface area contributed by atoms with E-state index >= 15 is 0 Å². The molecule has 1 amide bonds. The first-order chi connectivity index (χ1) is 9.81. The Kier molecular flexibility index (Phi) is 8.01. The second-order valence-corrected chi connectivity index (χ2v) is 5.84. The molecule has 0 aliphatic carbocycles. The maximum Gasteiger partial charge on any atom is 0.239 e. The summed E-state index contributed by atoms with van der Waals surface area (Å²) in [6, 6.07) is 10.9. The molecule has 2 aliphatic rings. The van der Waals surface area contributed by atoms with Crippen LogP contribution in [-0.4, -0.2) is 42.5 Å². The standard InChI is InChI=1S/C16H23N3O.2ClH/c20-16(12-17-13-5-2-1-3-6-13)18-14-8-10-19-9-4-7-15(19)11-14;;/h1-3,5-6,14-15,17H,4,7-12H2,(H,18,20);2*1H. The number of nitrogens with one attached hydrogen (secondary N) is 2. The van der Waals surface area contributed by atoms with Gasteiger partial charge in [0.2, 0.25) is 5.91 Å². The van der Waals surface area contributed by atoms with E-state index in [4.69, 9.17) is 0 Å². The highest BCUT2D eigenvalue weighted by atomic mass is 35.5. The van der Waals surface area contributed by atoms with Crippen molar-refractivity contribution in [2.24, 2.45) is 0 Å². The Bertz CT molecular complexity index is 458. The number of hydrogen-bond acceptors (Lipinski definition) is 3. The summed E-state index contributed by atoms with van der Waals surface area (Å²) in [6.45, 7) is 2.75. The number of carbonyl (C=O) groups excluding carboxylic acids is 1. The molecular weight excluding hydrogens is 321 g/mol. The van der Waals surface area contributed by atoms with Crippen LogP contribution in [0, 0.1) is 0 Å². The van der Waals surface area contributed by atoms with E-state index in [-0.39, 0.29) is 30.7 Å². The van der Waals surface area contributed by atoms with Crippen molar-refractivity contribution in [3.63, 3.8) is 0 Å². The SMILES string of the molecule is Cl.Cl.O=C(CNc1ccccc1)NC1CCN2CCCC2C1. The van der Waals surface area contributed by atoms with Crippen LogP contribution >= 0.6 is 24.8 Å². The second-order valence-electron chi connectivity index (χ2n) is 5.84. The molecule has 2 N–H and O–H groups in total. The van der Waals surface area contributed by atoms with Gasteiger partial charge in [-0.3, -0.25) is 4.79 Å². The van der Waals surface area contributed by atoms with Gasteiger partial charge in [0, 0.05) is 24.3 Å². The van der Waals surface area contributed by atoms with Gasteiger partial charge < -0.3 is 15.5 Å². The van der Waals surface area contributed by atoms with Crippen LogP contribution in [0.3, 0.4) is 0 Å². The summed E-state index contributed by atoms with van der Waals surface area (Å²) in [5.41, 5.74) is 0.994. The fourth-order valence-corrected chi connectivity index (χ4v) is 3.37. The molecule has 2 heterocycles. The number of amides is 1. The number of carbonyl (C=O) groups is 1. The molecule has 22 heavy (non-hydrogen) atoms. The van der Waals surface area contributed by atoms with Crippen LogP contribution in [0.4, 0.5) is 5.69 Å². The molecule has 3 rings (SSSR count). The number of halogens is 2. The van der Waals surface area contributed by atoms with Gasteiger partial charge in [0.15, 0.2) is 0 Å². The van der Waals surface area contributed by atoms with Gasteiger partial charge in [0.25, 0.3) is 0 Å². The van der Waals surface area contributed by atoms with Crippen molar-refractivity contribution in [3.05, 3.63) is 30.3 Å². The average Bonchev–Trinajstić information content (AvgIpc) is 2.94. The van der Waals surface area contributed by atoms with Crippen molar-refractivity contribution < 1.29 is 4.79 Å². The fourth-order valence-electron chi connectivity index (χ4n) is 3.37. The van der Waals surface area contributed by atoms with Crippen molar-refractivity contribution >= 4 is 36.4 Å². The average molecular weight is 346 g/mol. The molecule has 2 fully saturated rings. The minimum Gasteiger partial charge on any atom is -0.376 e. The fraction of sp³-hybridized carbons (Fsp3) is 0.562. The molecule has 0 aromatic heterocycles. The summed E-state index contributed by atoms with van der Waals surface area (Å²) < 4.78 is 0. The summed E-state index contributed by atoms with van der Waals surface area (Å²) in [5.74, 6) is 0.102. The molecule has 0 spiro atoms. The van der Waals surface area contributed by atoms with E-state index in [0.29, 0.717) is 18.6 Å². The zero-order chi connectivity index (χ0) is 13.8. The highest BCUT2D eigenvalue weighted by molar-refractivity contribution is 5.85. The van der Waals surface area contributed by atoms with Crippen molar-refractivity contribution in [2.45, 2.75) is 37.8 Å². The topological polar surface area (TPSA) is 44.4 Å². The third-order valence-corrected chi connectivity index (χ3v) is 4.41. The number of hydrogen-bond donors (Lipinski definition) is 2. The predicted molar refractivity (Wildman–Crippen MR) is 95.2 cm³/mol. The third-order valence-electron chi connectivity index (χ3n) is 4.41. The minimum absolute atomic E-state index is 0. The number of piperidine rings is 1. The number of rotatable bonds is 4. The second kappa shape index (κ2) is 9.23. The molecule has 124 valence electrons. The first-order valence-electron chi connectivity index (χ1n) is 7.63. The molecule has 2 aliphatic heterocycles. The van der Waals surface area contributed by atoms with Gasteiger partial charge in [-0.25, -0.2) is 0 Å². The molecule has 2 unspecified atom stereocenters. The van der Waals surface area contributed by atoms with Gasteiger partial charge in [-0.1, -0.05) is 18.2 Å². The van der Waals surface area contributed by atoms with Gasteiger partial charge >= 0.3 is 0 Å². The van der Waals surface area contributed by atoms with E-state index in [1.54, 1.807) is 0 Å². The third kappa shape index (κ3) is 5.04. The van der Waals surface area contributed by atoms with Crippen LogP contribution in [0.1, 0.15) is 25.7 Å². The van der Waals surface area contributed by atoms with Gasteiger partial charge in [-0.15, -0.1) is 24.8 Å². The van der Waals surface area contributed by atoms with Crippen LogP contribution in [0.2, 0.25) is 0 Å². The van der Waals surface area contributed by atoms with Crippen LogP contribution in [0.5, 0.6) is 0 Å². The summed E-state index contributed by atoms with van der Waals surface area (Å²) in [4.78, 5) is 14.6. The van der Waals surface area contributed by atoms with Gasteiger partial charge in [0.05, 0.1) is 6.54 Å². The first-order valence-corrected chi connectivity index (χ1v) is 7.63. The van der Waals surface area contributed by atoms with Crippen LogP contribution in [-0.2, 0) is 4.79 Å². The van der Waals surface area contributed by atoms with E-state index in [1.165, 1.54) is 19.4 Å². The van der Waals surface area contributed by atoms with Crippen molar-refractivity contribution in [2.75, 3.05) is 25.0 Å². The maximum absolute atomic E-state index is 12.0. The summed E-state index contributed by atoms with van der Waals surface area (Å²) in [6.07, 6.45) is 4.83. The molecule has 1 aromatic rings. The largest absolute Gasteiger partial charge is 0.376 e. The van der Waals surface area contributed by atoms with Crippen LogP contribution < -0.4 is 10.6 Å². The number of anilines is 1. The Morgan fingerprint density at radius 1 is 1.14 bits per heavy atom. The van der Waals surface area contributed by atoms with E-state index < -0.39 is 0 Å². The molecular formula is C16H25Cl2N3O. The van der Waals surface area contributed by atoms with Gasteiger partial charge in [-0.2, -0.15) is 0 Å². The smallest absolute Gasteiger partial charge is 0.239 e. The van der Waals surface area contributed by atoms with Crippen molar-refractivity contribution in [1.29, 1.82) is 0 Å². The lowest BCUT2D eigenvalue weighted by atomic mass is 9.97. The number of benzene rings is 1. The Labute approximate surface area is 144 Å². The van der Waals surface area contributed by atoms with Crippen molar-refractivity contribution in [1.82, 2.24) is 10.2 Å². The Morgan fingerprint density at radius 3 is 2.68 bits per heavy atom. The summed E-state index contributed by atoms with van der Waals surface area (Å²) >= 11 is 0. The van der Waals surface area contributed by atoms with Gasteiger partial charge in [-0.05, 0) is 44.4 Å². The molecule has 1 aromatic carbocycles. The zero-order valence-electron chi connectivity index (χ0n) is 12.7. The quantitative estimate of drug-likeness (QED) is 0.881. The molecule has 0 saturated carbocycles. The number of para-hydroxylation sites is 1. The lowest BCUT2D eigenvalue weighted by Gasteiger charge is -2.35. The minimum atomic E-state index is 0. The molecule has 0 radical (unpaired) electrons. The molecule has 0 bridgehead atoms. The van der Waals surface area contributed by atoms with Gasteiger partial charge in [0.1, 0.15) is 0 Å². The first kappa shape index (κ1) is 19.1. The highest BCUT2D eigenvalue weighted by Crippen LogP contribution is 2.26. The summed E-state index contributed by atoms with van der Waals surface area (Å²) in [5, 5.41) is 6.33. The predicted octanol–water partition coefficient (Wildman–Crippen LogP) is 2.69. The van der Waals surface area contributed by atoms with E-state index in [0.717, 1.165) is 25.1 Å². The lowest BCUT2D eigenvalue weighted by molar-refractivity contribution is -0.120. The van der Waals surface area contributed by atoms with E-state index in [2.05, 4.69) is 15.5 Å². The van der Waals surface area contributed by atoms with Crippen molar-refractivity contribution in [3.8, 4) is 0 Å². The summed E-state index contributed by atoms with van der Waals surface area (Å²) in [7, 11) is 0. The molecule has 6 heteroatoms. The van der Waals surface area contributed by atoms with E-state index in [9.17, 15) is 4.79 Å². The molecule has 2 saturated heterocycles. The van der Waals surface area contributed by atoms with Crippen LogP contribution in [0.15, 0.2) is 30.3 Å². The Hall–Kier alpha value is -0.970. The highest BCUT2D eigenvalue weighted by Gasteiger charge is 2.31. The molecule has 2 atom stereocenters. The normalized spacial score (nSPS) is 23.6. The Morgan fingerprint density at radius 2 is 1.91 bits per heavy atom. The Balaban J connectivity index is 0.00000121. The number of nitrogens with zero attached hydrogens (tertiary/aromatic N) is 1. The lowest BCUT2D eigenvalue weighted by Crippen LogP contribution is -2.48. The van der Waals surface area contributed by atoms with Crippen LogP contribution in [0.25, 0.3) is 0 Å². The monoisotopic (exact) mass is 345 g/mol. The molecule has 4 nitrogen and oxygen atoms in total. The number of fused-ring (bicyclic) bond motifs is 1. The zero-order valence-corrected chi connectivity index (χ0v) is 14.3. The van der Waals surface area contributed by atoms with E-state index in [1.807, 2.05) is 30.3 Å². The maximum atomic E-state index is 12.0.